The number of ether oxygens (including phenoxy) is 1. The van der Waals surface area contributed by atoms with Gasteiger partial charge in [-0.15, -0.1) is 0 Å². The lowest BCUT2D eigenvalue weighted by Crippen LogP contribution is -2.54. The summed E-state index contributed by atoms with van der Waals surface area (Å²) in [5.74, 6) is 0.812. The van der Waals surface area contributed by atoms with Crippen LogP contribution in [0.25, 0.3) is 0 Å². The Morgan fingerprint density at radius 1 is 1.43 bits per heavy atom. The van der Waals surface area contributed by atoms with Crippen LogP contribution in [0.4, 0.5) is 0 Å². The summed E-state index contributed by atoms with van der Waals surface area (Å²) in [5.41, 5.74) is 0. The predicted molar refractivity (Wildman–Crippen MR) is 79.8 cm³/mol. The van der Waals surface area contributed by atoms with Crippen molar-refractivity contribution in [1.82, 2.24) is 15.1 Å². The maximum absolute atomic E-state index is 12.3. The molecule has 2 fully saturated rings. The second kappa shape index (κ2) is 7.75. The minimum absolute atomic E-state index is 0.162. The Morgan fingerprint density at radius 3 is 2.95 bits per heavy atom. The Hall–Kier alpha value is -1.14. The zero-order valence-corrected chi connectivity index (χ0v) is 13.1. The van der Waals surface area contributed by atoms with Gasteiger partial charge < -0.3 is 19.9 Å². The van der Waals surface area contributed by atoms with Gasteiger partial charge in [0.05, 0.1) is 13.2 Å². The first kappa shape index (κ1) is 16.2. The standard InChI is InChI=1S/C15H27N3O3/c1-16-10-15(20)17-7-6-13-12(11-17)4-3-5-14(19)18(13)8-9-21-2/h12-13,16H,3-11H2,1-2H3/t12-,13+/m0/s1. The van der Waals surface area contributed by atoms with Crippen LogP contribution in [-0.4, -0.2) is 74.6 Å². The van der Waals surface area contributed by atoms with Gasteiger partial charge in [0.1, 0.15) is 0 Å². The Kier molecular flexibility index (Phi) is 5.99. The molecule has 0 spiro atoms. The maximum atomic E-state index is 12.3. The molecule has 2 aliphatic heterocycles. The molecule has 0 bridgehead atoms. The molecule has 6 nitrogen and oxygen atoms in total. The van der Waals surface area contributed by atoms with Gasteiger partial charge in [0.2, 0.25) is 11.8 Å². The fourth-order valence-corrected chi connectivity index (χ4v) is 3.53. The number of carbonyl (C=O) groups is 2. The van der Waals surface area contributed by atoms with Crippen molar-refractivity contribution in [2.75, 3.05) is 46.9 Å². The van der Waals surface area contributed by atoms with E-state index >= 15 is 0 Å². The van der Waals surface area contributed by atoms with Crippen LogP contribution in [0.2, 0.25) is 0 Å². The van der Waals surface area contributed by atoms with Gasteiger partial charge in [0.15, 0.2) is 0 Å². The van der Waals surface area contributed by atoms with E-state index in [4.69, 9.17) is 4.74 Å². The fourth-order valence-electron chi connectivity index (χ4n) is 3.53. The summed E-state index contributed by atoms with van der Waals surface area (Å²) < 4.78 is 5.14. The summed E-state index contributed by atoms with van der Waals surface area (Å²) >= 11 is 0. The normalized spacial score (nSPS) is 26.5. The SMILES string of the molecule is CNCC(=O)N1CC[C@@H]2[C@@H](CCCC(=O)N2CCOC)C1. The molecular weight excluding hydrogens is 270 g/mol. The van der Waals surface area contributed by atoms with Crippen molar-refractivity contribution in [1.29, 1.82) is 0 Å². The first-order chi connectivity index (χ1) is 10.2. The number of methoxy groups -OCH3 is 1. The van der Waals surface area contributed by atoms with Gasteiger partial charge in [-0.05, 0) is 32.2 Å². The number of likely N-dealkylation sites (N-methyl/N-ethyl adjacent to an activating group) is 1. The molecule has 120 valence electrons. The van der Waals surface area contributed by atoms with Crippen LogP contribution in [0.3, 0.4) is 0 Å². The molecule has 0 aromatic rings. The number of hydrogen-bond acceptors (Lipinski definition) is 4. The largest absolute Gasteiger partial charge is 0.383 e. The number of likely N-dealkylation sites (tertiary alicyclic amines) is 2. The lowest BCUT2D eigenvalue weighted by atomic mass is 9.88. The monoisotopic (exact) mass is 297 g/mol. The average molecular weight is 297 g/mol. The quantitative estimate of drug-likeness (QED) is 0.781. The Morgan fingerprint density at radius 2 is 2.24 bits per heavy atom. The molecule has 2 saturated heterocycles. The smallest absolute Gasteiger partial charge is 0.236 e. The summed E-state index contributed by atoms with van der Waals surface area (Å²) in [7, 11) is 3.46. The molecule has 0 radical (unpaired) electrons. The molecule has 0 saturated carbocycles. The van der Waals surface area contributed by atoms with Crippen LogP contribution in [0.15, 0.2) is 0 Å². The highest BCUT2D eigenvalue weighted by Crippen LogP contribution is 2.30. The van der Waals surface area contributed by atoms with Crippen molar-refractivity contribution in [2.24, 2.45) is 5.92 Å². The molecular formula is C15H27N3O3. The molecule has 0 aliphatic carbocycles. The highest BCUT2D eigenvalue weighted by atomic mass is 16.5. The van der Waals surface area contributed by atoms with Gasteiger partial charge in [-0.2, -0.15) is 0 Å². The number of carbonyl (C=O) groups excluding carboxylic acids is 2. The zero-order valence-electron chi connectivity index (χ0n) is 13.1. The van der Waals surface area contributed by atoms with Gasteiger partial charge in [-0.1, -0.05) is 0 Å². The zero-order chi connectivity index (χ0) is 15.2. The second-order valence-corrected chi connectivity index (χ2v) is 5.96. The first-order valence-corrected chi connectivity index (χ1v) is 7.88. The van der Waals surface area contributed by atoms with Gasteiger partial charge >= 0.3 is 0 Å². The number of fused-ring (bicyclic) bond motifs is 1. The number of nitrogens with zero attached hydrogens (tertiary/aromatic N) is 2. The average Bonchev–Trinajstić information content (AvgIpc) is 2.63. The maximum Gasteiger partial charge on any atom is 0.236 e. The molecule has 6 heteroatoms. The van der Waals surface area contributed by atoms with E-state index in [9.17, 15) is 9.59 Å². The van der Waals surface area contributed by atoms with Gasteiger partial charge in [0, 0.05) is 39.2 Å². The van der Waals surface area contributed by atoms with E-state index in [2.05, 4.69) is 5.32 Å². The van der Waals surface area contributed by atoms with E-state index in [1.165, 1.54) is 0 Å². The third kappa shape index (κ3) is 3.95. The minimum atomic E-state index is 0.162. The highest BCUT2D eigenvalue weighted by molar-refractivity contribution is 5.79. The topological polar surface area (TPSA) is 61.9 Å². The van der Waals surface area contributed by atoms with Crippen LogP contribution in [-0.2, 0) is 14.3 Å². The van der Waals surface area contributed by atoms with Crippen molar-refractivity contribution in [3.8, 4) is 0 Å². The molecule has 21 heavy (non-hydrogen) atoms. The number of rotatable bonds is 5. The summed E-state index contributed by atoms with van der Waals surface area (Å²) in [4.78, 5) is 28.3. The predicted octanol–water partition coefficient (Wildman–Crippen LogP) is 0.0818. The summed E-state index contributed by atoms with van der Waals surface area (Å²) in [6.45, 7) is 3.17. The molecule has 2 atom stereocenters. The van der Waals surface area contributed by atoms with E-state index in [1.54, 1.807) is 14.2 Å². The van der Waals surface area contributed by atoms with Crippen LogP contribution < -0.4 is 5.32 Å². The second-order valence-electron chi connectivity index (χ2n) is 5.96. The molecule has 1 N–H and O–H groups in total. The minimum Gasteiger partial charge on any atom is -0.383 e. The van der Waals surface area contributed by atoms with Crippen molar-refractivity contribution in [3.63, 3.8) is 0 Å². The van der Waals surface area contributed by atoms with E-state index < -0.39 is 0 Å². The summed E-state index contributed by atoms with van der Waals surface area (Å²) in [5, 5.41) is 2.92. The first-order valence-electron chi connectivity index (χ1n) is 7.88. The number of nitrogens with one attached hydrogen (secondary N) is 1. The van der Waals surface area contributed by atoms with E-state index in [0.717, 1.165) is 32.4 Å². The third-order valence-corrected chi connectivity index (χ3v) is 4.60. The molecule has 0 aromatic carbocycles. The molecule has 0 unspecified atom stereocenters. The van der Waals surface area contributed by atoms with Crippen LogP contribution in [0.1, 0.15) is 25.7 Å². The molecule has 2 rings (SSSR count). The lowest BCUT2D eigenvalue weighted by Gasteiger charge is -2.42. The van der Waals surface area contributed by atoms with Crippen molar-refractivity contribution >= 4 is 11.8 Å². The number of amides is 2. The van der Waals surface area contributed by atoms with Crippen molar-refractivity contribution in [2.45, 2.75) is 31.7 Å². The van der Waals surface area contributed by atoms with E-state index in [0.29, 0.717) is 32.0 Å². The highest BCUT2D eigenvalue weighted by Gasteiger charge is 2.38. The van der Waals surface area contributed by atoms with Crippen molar-refractivity contribution in [3.05, 3.63) is 0 Å². The van der Waals surface area contributed by atoms with Gasteiger partial charge in [0.25, 0.3) is 0 Å². The summed E-state index contributed by atoms with van der Waals surface area (Å²) in [6.07, 6.45) is 3.47. The molecule has 2 heterocycles. The third-order valence-electron chi connectivity index (χ3n) is 4.60. The van der Waals surface area contributed by atoms with Crippen LogP contribution in [0.5, 0.6) is 0 Å². The van der Waals surface area contributed by atoms with Crippen molar-refractivity contribution < 1.29 is 14.3 Å². The molecule has 2 amide bonds. The fraction of sp³-hybridized carbons (Fsp3) is 0.867. The Labute approximate surface area is 126 Å². The van der Waals surface area contributed by atoms with Crippen LogP contribution >= 0.6 is 0 Å². The summed E-state index contributed by atoms with van der Waals surface area (Å²) in [6, 6.07) is 0.272. The molecule has 2 aliphatic rings. The number of piperidine rings is 1. The van der Waals surface area contributed by atoms with E-state index in [-0.39, 0.29) is 17.9 Å². The lowest BCUT2D eigenvalue weighted by molar-refractivity contribution is -0.138. The number of hydrogen-bond donors (Lipinski definition) is 1. The van der Waals surface area contributed by atoms with Crippen LogP contribution in [0, 0.1) is 5.92 Å². The van der Waals surface area contributed by atoms with Gasteiger partial charge in [-0.25, -0.2) is 0 Å². The molecule has 0 aromatic heterocycles. The van der Waals surface area contributed by atoms with Gasteiger partial charge in [-0.3, -0.25) is 9.59 Å². The Bertz CT molecular complexity index is 375. The van der Waals surface area contributed by atoms with E-state index in [1.807, 2.05) is 9.80 Å². The Balaban J connectivity index is 2.02.